The van der Waals surface area contributed by atoms with E-state index in [1.165, 1.54) is 17.0 Å². The molecule has 0 saturated heterocycles. The number of ketones is 2. The standard InChI is InChI=1S/C31H33FN4O9/c1-35(2)19-11-14(12-34-30(43)45-16-7-5-15(32)6-8-16)24(37)21-17(19)9-13-10-18-23(36(3)4)26(39)22(29(33)42)28(41)31(18,44)27(40)20(13)25(21)38/h5-8,11,13,18,23,37,39-40,44H,9-10,12H2,1-4H3,(H2,33,42)(H,34,43)/t13?,18?,23-,31-/m0/s1. The van der Waals surface area contributed by atoms with Crippen LogP contribution in [0.3, 0.4) is 0 Å². The molecule has 3 aliphatic carbocycles. The molecule has 0 aliphatic heterocycles. The number of nitrogens with zero attached hydrogens (tertiary/aromatic N) is 2. The van der Waals surface area contributed by atoms with Gasteiger partial charge < -0.3 is 41.1 Å². The molecule has 0 fully saturated rings. The molecule has 0 heterocycles. The van der Waals surface area contributed by atoms with Gasteiger partial charge in [0.1, 0.15) is 34.4 Å². The number of ether oxygens (including phenoxy) is 1. The minimum absolute atomic E-state index is 0.0437. The predicted octanol–water partition coefficient (Wildman–Crippen LogP) is 1.61. The maximum Gasteiger partial charge on any atom is 0.412 e. The molecule has 0 bridgehead atoms. The summed E-state index contributed by atoms with van der Waals surface area (Å²) in [5.41, 5.74) is 2.34. The van der Waals surface area contributed by atoms with Crippen molar-refractivity contribution in [3.63, 3.8) is 0 Å². The van der Waals surface area contributed by atoms with E-state index in [9.17, 15) is 44.0 Å². The van der Waals surface area contributed by atoms with Crippen LogP contribution in [0.15, 0.2) is 53.0 Å². The Labute approximate surface area is 257 Å². The number of aromatic hydroxyl groups is 1. The summed E-state index contributed by atoms with van der Waals surface area (Å²) in [4.78, 5) is 55.4. The fourth-order valence-electron chi connectivity index (χ4n) is 6.70. The van der Waals surface area contributed by atoms with Crippen molar-refractivity contribution in [2.24, 2.45) is 17.6 Å². The SMILES string of the molecule is CN(C)c1cc(CNC(=O)Oc2ccc(F)cc2)c(O)c2c1CC1CC3[C@H](N(C)C)C(O)=C(C(N)=O)C(=O)[C@@]3(O)C(O)=C1C2=O. The van der Waals surface area contributed by atoms with Gasteiger partial charge in [-0.05, 0) is 68.8 Å². The topological polar surface area (TPSA) is 203 Å². The number of anilines is 1. The zero-order valence-electron chi connectivity index (χ0n) is 24.9. The normalized spacial score (nSPS) is 24.2. The van der Waals surface area contributed by atoms with Gasteiger partial charge in [0, 0.05) is 43.4 Å². The Balaban J connectivity index is 1.56. The van der Waals surface area contributed by atoms with Crippen LogP contribution in [-0.2, 0) is 22.6 Å². The number of phenols is 1. The first-order chi connectivity index (χ1) is 21.1. The quantitative estimate of drug-likeness (QED) is 0.255. The number of fused-ring (bicyclic) bond motifs is 3. The number of carbonyl (C=O) groups excluding carboxylic acids is 4. The van der Waals surface area contributed by atoms with E-state index in [1.54, 1.807) is 39.2 Å². The summed E-state index contributed by atoms with van der Waals surface area (Å²) in [6, 6.07) is 5.24. The van der Waals surface area contributed by atoms with Crippen molar-refractivity contribution in [1.82, 2.24) is 10.2 Å². The van der Waals surface area contributed by atoms with Crippen LogP contribution < -0.4 is 20.7 Å². The van der Waals surface area contributed by atoms with E-state index in [4.69, 9.17) is 10.5 Å². The molecular weight excluding hydrogens is 591 g/mol. The van der Waals surface area contributed by atoms with E-state index in [2.05, 4.69) is 5.32 Å². The molecule has 13 nitrogen and oxygen atoms in total. The number of nitrogens with one attached hydrogen (secondary N) is 1. The van der Waals surface area contributed by atoms with E-state index >= 15 is 0 Å². The maximum absolute atomic E-state index is 14.1. The van der Waals surface area contributed by atoms with Crippen molar-refractivity contribution in [1.29, 1.82) is 0 Å². The molecule has 2 aromatic rings. The van der Waals surface area contributed by atoms with Crippen LogP contribution in [0.2, 0.25) is 0 Å². The lowest BCUT2D eigenvalue weighted by atomic mass is 9.58. The van der Waals surface area contributed by atoms with E-state index in [0.29, 0.717) is 11.3 Å². The number of amides is 2. The summed E-state index contributed by atoms with van der Waals surface area (Å²) < 4.78 is 18.3. The number of primary amides is 1. The number of rotatable bonds is 6. The fourth-order valence-corrected chi connectivity index (χ4v) is 6.70. The van der Waals surface area contributed by atoms with Crippen LogP contribution >= 0.6 is 0 Å². The molecule has 0 radical (unpaired) electrons. The summed E-state index contributed by atoms with van der Waals surface area (Å²) in [5, 5.41) is 48.0. The highest BCUT2D eigenvalue weighted by Gasteiger charge is 2.63. The highest BCUT2D eigenvalue weighted by molar-refractivity contribution is 6.25. The monoisotopic (exact) mass is 624 g/mol. The van der Waals surface area contributed by atoms with E-state index in [-0.39, 0.29) is 41.8 Å². The first-order valence-electron chi connectivity index (χ1n) is 14.0. The molecule has 4 atom stereocenters. The molecule has 45 heavy (non-hydrogen) atoms. The Hall–Kier alpha value is -4.95. The van der Waals surface area contributed by atoms with Crippen LogP contribution in [0.1, 0.15) is 27.9 Å². The Morgan fingerprint density at radius 1 is 1.11 bits per heavy atom. The van der Waals surface area contributed by atoms with Crippen molar-refractivity contribution in [3.8, 4) is 11.5 Å². The summed E-state index contributed by atoms with van der Waals surface area (Å²) >= 11 is 0. The minimum Gasteiger partial charge on any atom is -0.510 e. The zero-order chi connectivity index (χ0) is 33.1. The largest absolute Gasteiger partial charge is 0.510 e. The van der Waals surface area contributed by atoms with Crippen molar-refractivity contribution < 1.29 is 48.7 Å². The van der Waals surface area contributed by atoms with Crippen molar-refractivity contribution in [3.05, 3.63) is 75.5 Å². The number of likely N-dealkylation sites (N-methyl/N-ethyl adjacent to an activating group) is 1. The zero-order valence-corrected chi connectivity index (χ0v) is 24.9. The van der Waals surface area contributed by atoms with E-state index < -0.39 is 75.7 Å². The third-order valence-electron chi connectivity index (χ3n) is 8.71. The van der Waals surface area contributed by atoms with Gasteiger partial charge in [0.15, 0.2) is 11.4 Å². The Kier molecular flexibility index (Phi) is 7.83. The van der Waals surface area contributed by atoms with Gasteiger partial charge >= 0.3 is 6.09 Å². The number of carbonyl (C=O) groups is 4. The lowest BCUT2D eigenvalue weighted by Gasteiger charge is -2.50. The van der Waals surface area contributed by atoms with Gasteiger partial charge in [0.25, 0.3) is 5.91 Å². The number of halogens is 1. The summed E-state index contributed by atoms with van der Waals surface area (Å²) in [5.74, 6) is -7.91. The first-order valence-corrected chi connectivity index (χ1v) is 14.0. The number of nitrogens with two attached hydrogens (primary N) is 1. The van der Waals surface area contributed by atoms with Gasteiger partial charge in [-0.1, -0.05) is 0 Å². The molecule has 0 aromatic heterocycles. The van der Waals surface area contributed by atoms with Crippen LogP contribution in [-0.4, -0.2) is 88.7 Å². The number of benzene rings is 2. The Bertz CT molecular complexity index is 1700. The molecular formula is C31H33FN4O9. The summed E-state index contributed by atoms with van der Waals surface area (Å²) in [6.07, 6.45) is -0.848. The number of allylic oxidation sites excluding steroid dienone is 1. The molecule has 2 aromatic carbocycles. The first kappa shape index (κ1) is 31.5. The number of aliphatic hydroxyl groups is 3. The van der Waals surface area contributed by atoms with Crippen LogP contribution in [0.4, 0.5) is 14.9 Å². The fraction of sp³-hybridized carbons (Fsp3) is 0.355. The Morgan fingerprint density at radius 3 is 2.33 bits per heavy atom. The highest BCUT2D eigenvalue weighted by Crippen LogP contribution is 2.53. The van der Waals surface area contributed by atoms with Gasteiger partial charge in [-0.15, -0.1) is 0 Å². The predicted molar refractivity (Wildman–Crippen MR) is 157 cm³/mol. The lowest BCUT2D eigenvalue weighted by Crippen LogP contribution is -2.63. The van der Waals surface area contributed by atoms with Gasteiger partial charge in [-0.25, -0.2) is 9.18 Å². The second-order valence-corrected chi connectivity index (χ2v) is 11.8. The molecule has 2 unspecified atom stereocenters. The molecule has 238 valence electrons. The highest BCUT2D eigenvalue weighted by atomic mass is 19.1. The summed E-state index contributed by atoms with van der Waals surface area (Å²) in [6.45, 7) is -0.289. The van der Waals surface area contributed by atoms with Crippen LogP contribution in [0, 0.1) is 17.7 Å². The van der Waals surface area contributed by atoms with E-state index in [0.717, 1.165) is 12.1 Å². The average Bonchev–Trinajstić information content (AvgIpc) is 2.95. The smallest absolute Gasteiger partial charge is 0.412 e. The van der Waals surface area contributed by atoms with Crippen LogP contribution in [0.5, 0.6) is 11.5 Å². The Morgan fingerprint density at radius 2 is 1.76 bits per heavy atom. The minimum atomic E-state index is -2.76. The molecule has 2 amide bonds. The summed E-state index contributed by atoms with van der Waals surface area (Å²) in [7, 11) is 6.55. The molecule has 5 rings (SSSR count). The van der Waals surface area contributed by atoms with Gasteiger partial charge in [-0.3, -0.25) is 19.3 Å². The second-order valence-electron chi connectivity index (χ2n) is 11.8. The van der Waals surface area contributed by atoms with E-state index in [1.807, 2.05) is 0 Å². The third kappa shape index (κ3) is 4.95. The van der Waals surface area contributed by atoms with Crippen LogP contribution in [0.25, 0.3) is 0 Å². The number of hydrogen-bond donors (Lipinski definition) is 6. The number of Topliss-reactive ketones (excluding diaryl/α,β-unsaturated/α-hetero) is 2. The third-order valence-corrected chi connectivity index (χ3v) is 8.71. The molecule has 0 spiro atoms. The van der Waals surface area contributed by atoms with Gasteiger partial charge in [0.05, 0.1) is 11.6 Å². The van der Waals surface area contributed by atoms with Gasteiger partial charge in [0.2, 0.25) is 5.78 Å². The van der Waals surface area contributed by atoms with Crippen molar-refractivity contribution in [2.45, 2.75) is 31.0 Å². The molecule has 3 aliphatic rings. The number of aliphatic hydroxyl groups excluding tert-OH is 2. The average molecular weight is 625 g/mol. The number of hydrogen-bond acceptors (Lipinski definition) is 11. The van der Waals surface area contributed by atoms with Crippen molar-refractivity contribution in [2.75, 3.05) is 33.1 Å². The lowest BCUT2D eigenvalue weighted by molar-refractivity contribution is -0.148. The molecule has 0 saturated carbocycles. The number of phenolic OH excluding ortho intramolecular Hbond substituents is 1. The maximum atomic E-state index is 14.1. The molecule has 7 N–H and O–H groups in total. The van der Waals surface area contributed by atoms with Crippen molar-refractivity contribution >= 4 is 29.3 Å². The van der Waals surface area contributed by atoms with Gasteiger partial charge in [-0.2, -0.15) is 0 Å². The molecule has 14 heteroatoms. The second kappa shape index (κ2) is 11.2.